The molecule has 0 unspecified atom stereocenters. The van der Waals surface area contributed by atoms with Gasteiger partial charge < -0.3 is 9.72 Å². The number of aromatic nitrogens is 2. The molecule has 0 aliphatic carbocycles. The van der Waals surface area contributed by atoms with Crippen LogP contribution in [0, 0.1) is 0 Å². The van der Waals surface area contributed by atoms with E-state index in [0.717, 1.165) is 41.1 Å². The predicted octanol–water partition coefficient (Wildman–Crippen LogP) is 4.96. The van der Waals surface area contributed by atoms with Crippen LogP contribution < -0.4 is 5.32 Å². The van der Waals surface area contributed by atoms with Gasteiger partial charge in [-0.15, -0.1) is 0 Å². The van der Waals surface area contributed by atoms with Crippen LogP contribution in [0.15, 0.2) is 60.8 Å². The molecule has 0 spiro atoms. The SMILES string of the molecule is CC=CC(=CCC)c1ccc2nc(-c3ccc(Cl)cc3)c(CN3CCNC(=O)C3)n2c1. The first-order chi connectivity index (χ1) is 15.1. The van der Waals surface area contributed by atoms with Crippen LogP contribution in [0.3, 0.4) is 0 Å². The van der Waals surface area contributed by atoms with E-state index in [0.29, 0.717) is 24.7 Å². The minimum absolute atomic E-state index is 0.0649. The zero-order valence-corrected chi connectivity index (χ0v) is 18.7. The van der Waals surface area contributed by atoms with Crippen LogP contribution in [0.25, 0.3) is 22.5 Å². The summed E-state index contributed by atoms with van der Waals surface area (Å²) < 4.78 is 2.17. The molecule has 0 saturated carbocycles. The van der Waals surface area contributed by atoms with Crippen molar-refractivity contribution in [3.63, 3.8) is 0 Å². The molecule has 0 atom stereocenters. The van der Waals surface area contributed by atoms with Gasteiger partial charge >= 0.3 is 0 Å². The van der Waals surface area contributed by atoms with E-state index in [1.54, 1.807) is 0 Å². The number of rotatable bonds is 6. The fourth-order valence-corrected chi connectivity index (χ4v) is 4.10. The minimum atomic E-state index is 0.0649. The number of fused-ring (bicyclic) bond motifs is 1. The van der Waals surface area contributed by atoms with Crippen LogP contribution >= 0.6 is 11.6 Å². The third kappa shape index (κ3) is 4.73. The molecule has 1 amide bonds. The monoisotopic (exact) mass is 434 g/mol. The smallest absolute Gasteiger partial charge is 0.234 e. The number of amides is 1. The minimum Gasteiger partial charge on any atom is -0.354 e. The maximum Gasteiger partial charge on any atom is 0.234 e. The molecule has 0 radical (unpaired) electrons. The van der Waals surface area contributed by atoms with Crippen LogP contribution in [-0.2, 0) is 11.3 Å². The molecule has 1 saturated heterocycles. The second kappa shape index (κ2) is 9.50. The highest BCUT2D eigenvalue weighted by atomic mass is 35.5. The van der Waals surface area contributed by atoms with E-state index < -0.39 is 0 Å². The molecule has 31 heavy (non-hydrogen) atoms. The lowest BCUT2D eigenvalue weighted by molar-refractivity contribution is -0.124. The van der Waals surface area contributed by atoms with E-state index >= 15 is 0 Å². The second-order valence-corrected chi connectivity index (χ2v) is 8.12. The average molecular weight is 435 g/mol. The molecule has 1 aromatic carbocycles. The highest BCUT2D eigenvalue weighted by Gasteiger charge is 2.21. The molecular weight excluding hydrogens is 408 g/mol. The molecule has 0 bridgehead atoms. The molecule has 2 aromatic heterocycles. The number of nitrogens with one attached hydrogen (secondary N) is 1. The molecule has 1 aliphatic heterocycles. The van der Waals surface area contributed by atoms with Crippen LogP contribution in [0.2, 0.25) is 5.02 Å². The van der Waals surface area contributed by atoms with E-state index in [1.165, 1.54) is 5.57 Å². The summed E-state index contributed by atoms with van der Waals surface area (Å²) >= 11 is 6.11. The van der Waals surface area contributed by atoms with Gasteiger partial charge in [0.05, 0.1) is 17.9 Å². The van der Waals surface area contributed by atoms with Gasteiger partial charge in [-0.25, -0.2) is 4.98 Å². The zero-order chi connectivity index (χ0) is 21.8. The lowest BCUT2D eigenvalue weighted by Gasteiger charge is -2.26. The van der Waals surface area contributed by atoms with Crippen molar-refractivity contribution in [3.05, 3.63) is 77.1 Å². The first kappa shape index (κ1) is 21.3. The van der Waals surface area contributed by atoms with Crippen molar-refractivity contribution >= 4 is 28.7 Å². The van der Waals surface area contributed by atoms with Gasteiger partial charge in [0.1, 0.15) is 5.65 Å². The Kier molecular flexibility index (Phi) is 6.54. The van der Waals surface area contributed by atoms with E-state index in [2.05, 4.69) is 58.1 Å². The maximum atomic E-state index is 11.9. The average Bonchev–Trinajstić information content (AvgIpc) is 3.12. The number of piperazine rings is 1. The number of benzene rings is 1. The second-order valence-electron chi connectivity index (χ2n) is 7.69. The van der Waals surface area contributed by atoms with E-state index in [-0.39, 0.29) is 5.91 Å². The number of carbonyl (C=O) groups excluding carboxylic acids is 1. The van der Waals surface area contributed by atoms with Gasteiger partial charge in [0.25, 0.3) is 0 Å². The number of halogens is 1. The molecule has 5 nitrogen and oxygen atoms in total. The molecule has 160 valence electrons. The van der Waals surface area contributed by atoms with E-state index in [9.17, 15) is 4.79 Å². The summed E-state index contributed by atoms with van der Waals surface area (Å²) in [7, 11) is 0. The molecule has 6 heteroatoms. The van der Waals surface area contributed by atoms with Crippen LogP contribution in [0.1, 0.15) is 31.5 Å². The van der Waals surface area contributed by atoms with Crippen LogP contribution in [0.5, 0.6) is 0 Å². The summed E-state index contributed by atoms with van der Waals surface area (Å²) in [6.45, 7) is 6.70. The number of imidazole rings is 1. The van der Waals surface area contributed by atoms with Gasteiger partial charge in [-0.2, -0.15) is 0 Å². The zero-order valence-electron chi connectivity index (χ0n) is 17.9. The third-order valence-corrected chi connectivity index (χ3v) is 5.68. The van der Waals surface area contributed by atoms with E-state index in [4.69, 9.17) is 16.6 Å². The predicted molar refractivity (Wildman–Crippen MR) is 127 cm³/mol. The molecule has 1 N–H and O–H groups in total. The van der Waals surface area contributed by atoms with Gasteiger partial charge in [-0.3, -0.25) is 9.69 Å². The third-order valence-electron chi connectivity index (χ3n) is 5.43. The number of nitrogens with zero attached hydrogens (tertiary/aromatic N) is 3. The number of allylic oxidation sites excluding steroid dienone is 4. The van der Waals surface area contributed by atoms with Crippen molar-refractivity contribution < 1.29 is 4.79 Å². The Morgan fingerprint density at radius 2 is 2.03 bits per heavy atom. The number of pyridine rings is 1. The van der Waals surface area contributed by atoms with Crippen molar-refractivity contribution in [2.24, 2.45) is 0 Å². The summed E-state index contributed by atoms with van der Waals surface area (Å²) in [5, 5.41) is 3.60. The summed E-state index contributed by atoms with van der Waals surface area (Å²) in [6.07, 6.45) is 9.55. The molecule has 1 fully saturated rings. The summed E-state index contributed by atoms with van der Waals surface area (Å²) in [5.41, 5.74) is 6.24. The molecule has 3 aromatic rings. The lowest BCUT2D eigenvalue weighted by atomic mass is 10.1. The van der Waals surface area contributed by atoms with Crippen molar-refractivity contribution in [1.82, 2.24) is 19.6 Å². The van der Waals surface area contributed by atoms with Gasteiger partial charge in [0.2, 0.25) is 5.91 Å². The Labute approximate surface area is 188 Å². The van der Waals surface area contributed by atoms with Gasteiger partial charge in [-0.1, -0.05) is 48.9 Å². The van der Waals surface area contributed by atoms with Crippen LogP contribution in [-0.4, -0.2) is 39.8 Å². The Balaban J connectivity index is 1.84. The maximum absolute atomic E-state index is 11.9. The Hall–Kier alpha value is -2.89. The first-order valence-electron chi connectivity index (χ1n) is 10.7. The highest BCUT2D eigenvalue weighted by Crippen LogP contribution is 2.29. The molecule has 4 rings (SSSR count). The first-order valence-corrected chi connectivity index (χ1v) is 11.1. The summed E-state index contributed by atoms with van der Waals surface area (Å²) in [4.78, 5) is 19.1. The largest absolute Gasteiger partial charge is 0.354 e. The molecule has 3 heterocycles. The van der Waals surface area contributed by atoms with Crippen LogP contribution in [0.4, 0.5) is 0 Å². The van der Waals surface area contributed by atoms with Crippen molar-refractivity contribution in [2.75, 3.05) is 19.6 Å². The van der Waals surface area contributed by atoms with Crippen molar-refractivity contribution in [1.29, 1.82) is 0 Å². The summed E-state index contributed by atoms with van der Waals surface area (Å²) in [5.74, 6) is 0.0649. The van der Waals surface area contributed by atoms with Crippen molar-refractivity contribution in [2.45, 2.75) is 26.8 Å². The van der Waals surface area contributed by atoms with E-state index in [1.807, 2.05) is 31.2 Å². The molecular formula is C25H27ClN4O. The number of hydrogen-bond acceptors (Lipinski definition) is 3. The standard InChI is InChI=1S/C25H27ClN4O/c1-3-5-18(6-4-2)20-9-12-23-28-25(19-7-10-21(26)11-8-19)22(30(23)15-20)16-29-14-13-27-24(31)17-29/h3,5-12,15H,4,13-14,16-17H2,1-2H3,(H,27,31). The normalized spacial score (nSPS) is 15.7. The Bertz CT molecular complexity index is 1140. The molecule has 1 aliphatic rings. The lowest BCUT2D eigenvalue weighted by Crippen LogP contribution is -2.47. The van der Waals surface area contributed by atoms with Gasteiger partial charge in [0.15, 0.2) is 0 Å². The fourth-order valence-electron chi connectivity index (χ4n) is 3.97. The van der Waals surface area contributed by atoms with Gasteiger partial charge in [-0.05, 0) is 48.7 Å². The number of carbonyl (C=O) groups is 1. The van der Waals surface area contributed by atoms with Crippen molar-refractivity contribution in [3.8, 4) is 11.3 Å². The van der Waals surface area contributed by atoms with Gasteiger partial charge in [0, 0.05) is 36.4 Å². The fraction of sp³-hybridized carbons (Fsp3) is 0.280. The highest BCUT2D eigenvalue weighted by molar-refractivity contribution is 6.30. The number of hydrogen-bond donors (Lipinski definition) is 1. The quantitative estimate of drug-likeness (QED) is 0.558. The summed E-state index contributed by atoms with van der Waals surface area (Å²) in [6, 6.07) is 12.0. The Morgan fingerprint density at radius 3 is 2.74 bits per heavy atom. The Morgan fingerprint density at radius 1 is 1.23 bits per heavy atom. The topological polar surface area (TPSA) is 49.6 Å².